The molecule has 0 radical (unpaired) electrons. The molecule has 0 aliphatic carbocycles. The maximum atomic E-state index is 5.62. The fraction of sp³-hybridized carbons (Fsp3) is 0.0769. The second-order valence-electron chi connectivity index (χ2n) is 3.72. The third-order valence-corrected chi connectivity index (χ3v) is 2.37. The fourth-order valence-electron chi connectivity index (χ4n) is 1.51. The van der Waals surface area contributed by atoms with Crippen LogP contribution in [-0.2, 0) is 15.9 Å². The summed E-state index contributed by atoms with van der Waals surface area (Å²) in [6.45, 7) is 0. The molecular formula is C13H14I2N2V. The van der Waals surface area contributed by atoms with E-state index in [-0.39, 0.29) is 0 Å². The van der Waals surface area contributed by atoms with Gasteiger partial charge in [0, 0.05) is 11.4 Å². The Bertz CT molecular complexity index is 414. The van der Waals surface area contributed by atoms with Gasteiger partial charge in [0.15, 0.2) is 0 Å². The van der Waals surface area contributed by atoms with E-state index >= 15 is 0 Å². The van der Waals surface area contributed by atoms with Crippen molar-refractivity contribution in [1.29, 1.82) is 0 Å². The zero-order chi connectivity index (χ0) is 13.4. The molecule has 0 amide bonds. The first-order chi connectivity index (χ1) is 8.65. The first-order valence-corrected chi connectivity index (χ1v) is 14.3. The zero-order valence-electron chi connectivity index (χ0n) is 9.68. The van der Waals surface area contributed by atoms with Gasteiger partial charge in [0.25, 0.3) is 0 Å². The molecule has 2 aromatic carbocycles. The summed E-state index contributed by atoms with van der Waals surface area (Å²) in [5.41, 5.74) is 15.4. The van der Waals surface area contributed by atoms with Crippen LogP contribution in [0.25, 0.3) is 0 Å². The topological polar surface area (TPSA) is 52.0 Å². The van der Waals surface area contributed by atoms with E-state index in [0.29, 0.717) is 9.47 Å². The summed E-state index contributed by atoms with van der Waals surface area (Å²) < 4.78 is 0. The molecule has 5 heteroatoms. The number of benzene rings is 2. The van der Waals surface area contributed by atoms with E-state index in [1.165, 1.54) is 11.1 Å². The average Bonchev–Trinajstić information content (AvgIpc) is 2.36. The average molecular weight is 503 g/mol. The van der Waals surface area contributed by atoms with E-state index in [2.05, 4.69) is 40.0 Å². The monoisotopic (exact) mass is 503 g/mol. The molecule has 95 valence electrons. The first-order valence-electron chi connectivity index (χ1n) is 5.27. The summed E-state index contributed by atoms with van der Waals surface area (Å²) in [5.74, 6) is 0. The number of hydrogen-bond acceptors (Lipinski definition) is 2. The van der Waals surface area contributed by atoms with E-state index in [4.69, 9.17) is 11.5 Å². The maximum absolute atomic E-state index is 5.62. The Morgan fingerprint density at radius 3 is 1.28 bits per heavy atom. The molecule has 0 unspecified atom stereocenters. The third kappa shape index (κ3) is 6.31. The number of hydrogen-bond donors (Lipinski definition) is 2. The van der Waals surface area contributed by atoms with Gasteiger partial charge in [0.2, 0.25) is 0 Å². The summed E-state index contributed by atoms with van der Waals surface area (Å²) in [6.07, 6.45) is 0.917. The molecular weight excluding hydrogens is 489 g/mol. The molecule has 0 spiro atoms. The fourth-order valence-corrected chi connectivity index (χ4v) is 1.51. The Balaban J connectivity index is 0.000000492. The van der Waals surface area contributed by atoms with Crippen LogP contribution in [-0.4, -0.2) is 0 Å². The van der Waals surface area contributed by atoms with Crippen LogP contribution >= 0.6 is 40.0 Å². The quantitative estimate of drug-likeness (QED) is 0.477. The molecule has 0 bridgehead atoms. The number of nitrogen functional groups attached to an aromatic ring is 2. The van der Waals surface area contributed by atoms with E-state index < -0.39 is 0 Å². The van der Waals surface area contributed by atoms with Crippen molar-refractivity contribution in [3.8, 4) is 0 Å². The summed E-state index contributed by atoms with van der Waals surface area (Å²) in [5, 5.41) is 0. The van der Waals surface area contributed by atoms with Gasteiger partial charge in [0.05, 0.1) is 0 Å². The van der Waals surface area contributed by atoms with Gasteiger partial charge in [-0.1, -0.05) is 24.3 Å². The van der Waals surface area contributed by atoms with E-state index in [1.54, 1.807) is 0 Å². The molecule has 0 heterocycles. The molecule has 0 aliphatic heterocycles. The molecule has 2 aromatic rings. The van der Waals surface area contributed by atoms with Crippen LogP contribution in [0.5, 0.6) is 0 Å². The summed E-state index contributed by atoms with van der Waals surface area (Å²) in [7, 11) is 0.628. The van der Waals surface area contributed by atoms with E-state index in [1.807, 2.05) is 48.5 Å². The summed E-state index contributed by atoms with van der Waals surface area (Å²) >= 11 is 4.74. The second kappa shape index (κ2) is 9.06. The van der Waals surface area contributed by atoms with Crippen LogP contribution in [0.2, 0.25) is 0 Å². The molecule has 2 nitrogen and oxygen atoms in total. The van der Waals surface area contributed by atoms with Crippen LogP contribution in [0.1, 0.15) is 11.1 Å². The van der Waals surface area contributed by atoms with Crippen molar-refractivity contribution in [2.24, 2.45) is 0 Å². The Kier molecular flexibility index (Phi) is 8.13. The SMILES string of the molecule is Nc1ccc(Cc2ccc(N)cc2)cc1.[I][V][I]. The van der Waals surface area contributed by atoms with E-state index in [9.17, 15) is 0 Å². The van der Waals surface area contributed by atoms with Gasteiger partial charge in [0.1, 0.15) is 0 Å². The normalized spacial score (nSPS) is 9.22. The molecule has 0 aliphatic rings. The van der Waals surface area contributed by atoms with Gasteiger partial charge in [-0.25, -0.2) is 0 Å². The third-order valence-electron chi connectivity index (χ3n) is 2.37. The van der Waals surface area contributed by atoms with Crippen molar-refractivity contribution in [2.75, 3.05) is 11.5 Å². The Morgan fingerprint density at radius 1 is 0.722 bits per heavy atom. The van der Waals surface area contributed by atoms with Gasteiger partial charge in [-0.15, -0.1) is 0 Å². The van der Waals surface area contributed by atoms with Crippen molar-refractivity contribution in [3.05, 3.63) is 59.7 Å². The Labute approximate surface area is 137 Å². The van der Waals surface area contributed by atoms with Crippen molar-refractivity contribution in [1.82, 2.24) is 0 Å². The van der Waals surface area contributed by atoms with Crippen molar-refractivity contribution in [2.45, 2.75) is 6.42 Å². The summed E-state index contributed by atoms with van der Waals surface area (Å²) in [6, 6.07) is 15.9. The van der Waals surface area contributed by atoms with Gasteiger partial charge in [-0.3, -0.25) is 0 Å². The minimum absolute atomic E-state index is 0.628. The molecule has 0 fully saturated rings. The van der Waals surface area contributed by atoms with Gasteiger partial charge in [-0.05, 0) is 41.8 Å². The molecule has 0 saturated heterocycles. The zero-order valence-corrected chi connectivity index (χ0v) is 15.4. The molecule has 0 aromatic heterocycles. The van der Waals surface area contributed by atoms with Crippen LogP contribution in [0, 0.1) is 0 Å². The molecule has 4 N–H and O–H groups in total. The number of halogens is 2. The predicted molar refractivity (Wildman–Crippen MR) is 92.6 cm³/mol. The Morgan fingerprint density at radius 2 is 1.00 bits per heavy atom. The van der Waals surface area contributed by atoms with Crippen LogP contribution in [0.4, 0.5) is 11.4 Å². The minimum atomic E-state index is 0.628. The molecule has 0 saturated carbocycles. The number of nitrogens with two attached hydrogens (primary N) is 2. The second-order valence-corrected chi connectivity index (χ2v) is 15.5. The summed E-state index contributed by atoms with van der Waals surface area (Å²) in [4.78, 5) is 0. The first kappa shape index (κ1) is 16.1. The molecule has 0 atom stereocenters. The van der Waals surface area contributed by atoms with Crippen molar-refractivity contribution < 1.29 is 9.47 Å². The number of anilines is 2. The standard InChI is InChI=1S/C13H14N2.2HI.V/c14-12-5-1-10(2-6-12)9-11-3-7-13(15)8-4-11;;;/h1-8H,9,14-15H2;2*1H;/q;;;+2/p-2. The van der Waals surface area contributed by atoms with Gasteiger partial charge >= 0.3 is 49.4 Å². The number of rotatable bonds is 2. The van der Waals surface area contributed by atoms with Crippen LogP contribution < -0.4 is 11.5 Å². The van der Waals surface area contributed by atoms with Gasteiger partial charge in [-0.2, -0.15) is 0 Å². The van der Waals surface area contributed by atoms with Crippen molar-refractivity contribution >= 4 is 51.3 Å². The van der Waals surface area contributed by atoms with Crippen LogP contribution in [0.15, 0.2) is 48.5 Å². The van der Waals surface area contributed by atoms with E-state index in [0.717, 1.165) is 17.8 Å². The molecule has 2 rings (SSSR count). The predicted octanol–water partition coefficient (Wildman–Crippen LogP) is 4.21. The van der Waals surface area contributed by atoms with Crippen LogP contribution in [0.3, 0.4) is 0 Å². The van der Waals surface area contributed by atoms with Crippen molar-refractivity contribution in [3.63, 3.8) is 0 Å². The van der Waals surface area contributed by atoms with Gasteiger partial charge < -0.3 is 11.5 Å². The Hall–Kier alpha value is 0.0844. The molecule has 18 heavy (non-hydrogen) atoms.